The van der Waals surface area contributed by atoms with E-state index in [1.54, 1.807) is 12.1 Å². The number of rotatable bonds is 4. The Balaban J connectivity index is 1.89. The summed E-state index contributed by atoms with van der Waals surface area (Å²) in [5, 5.41) is 0. The highest BCUT2D eigenvalue weighted by Crippen LogP contribution is 2.31. The molecule has 1 N–H and O–H groups in total. The van der Waals surface area contributed by atoms with Crippen LogP contribution in [0.25, 0.3) is 0 Å². The predicted molar refractivity (Wildman–Crippen MR) is 67.6 cm³/mol. The van der Waals surface area contributed by atoms with Crippen molar-refractivity contribution in [1.29, 1.82) is 0 Å². The molecule has 1 aromatic rings. The number of aromatic amines is 1. The van der Waals surface area contributed by atoms with Crippen molar-refractivity contribution >= 4 is 11.8 Å². The summed E-state index contributed by atoms with van der Waals surface area (Å²) in [6, 6.07) is 3.20. The van der Waals surface area contributed by atoms with Crippen LogP contribution in [0.1, 0.15) is 54.1 Å². The maximum absolute atomic E-state index is 11.8. The zero-order valence-corrected chi connectivity index (χ0v) is 10.9. The van der Waals surface area contributed by atoms with E-state index in [-0.39, 0.29) is 11.8 Å². The van der Waals surface area contributed by atoms with Crippen LogP contribution in [0.15, 0.2) is 12.1 Å². The molecule has 0 aromatic carbocycles. The predicted octanol–water partition coefficient (Wildman–Crippen LogP) is 2.81. The summed E-state index contributed by atoms with van der Waals surface area (Å²) >= 11 is 0. The second-order valence-electron chi connectivity index (χ2n) is 5.11. The van der Waals surface area contributed by atoms with Crippen molar-refractivity contribution in [2.75, 3.05) is 6.61 Å². The van der Waals surface area contributed by atoms with Gasteiger partial charge in [-0.1, -0.05) is 19.8 Å². The Morgan fingerprint density at radius 2 is 2.06 bits per heavy atom. The topological polar surface area (TPSA) is 59.2 Å². The van der Waals surface area contributed by atoms with Crippen LogP contribution in [0.3, 0.4) is 0 Å². The average molecular weight is 249 g/mol. The van der Waals surface area contributed by atoms with Crippen molar-refractivity contribution in [2.24, 2.45) is 11.8 Å². The summed E-state index contributed by atoms with van der Waals surface area (Å²) in [5.41, 5.74) is 0.794. The molecule has 98 valence electrons. The Labute approximate surface area is 107 Å². The first kappa shape index (κ1) is 12.9. The van der Waals surface area contributed by atoms with Gasteiger partial charge in [-0.3, -0.25) is 4.79 Å². The van der Waals surface area contributed by atoms with Crippen LogP contribution in [0.2, 0.25) is 0 Å². The molecule has 1 aliphatic rings. The number of esters is 1. The molecule has 18 heavy (non-hydrogen) atoms. The van der Waals surface area contributed by atoms with Crippen molar-refractivity contribution < 1.29 is 14.3 Å². The van der Waals surface area contributed by atoms with Crippen LogP contribution in [0, 0.1) is 11.8 Å². The number of carbonyl (C=O) groups is 2. The molecule has 0 amide bonds. The van der Waals surface area contributed by atoms with Gasteiger partial charge in [-0.2, -0.15) is 0 Å². The number of ether oxygens (including phenoxy) is 1. The second kappa shape index (κ2) is 5.38. The van der Waals surface area contributed by atoms with Crippen LogP contribution in [0.5, 0.6) is 0 Å². The molecule has 0 bridgehead atoms. The van der Waals surface area contributed by atoms with Gasteiger partial charge < -0.3 is 9.72 Å². The fourth-order valence-corrected chi connectivity index (χ4v) is 2.45. The minimum atomic E-state index is -0.374. The van der Waals surface area contributed by atoms with Crippen molar-refractivity contribution in [2.45, 2.75) is 33.1 Å². The maximum Gasteiger partial charge on any atom is 0.354 e. The molecule has 4 heteroatoms. The standard InChI is InChI=1S/C14H19NO3/c1-9-4-3-5-11(9)8-18-14(17)13-7-6-12(15-13)10(2)16/h6-7,9,11,15H,3-5,8H2,1-2H3/t9-,11+/m1/s1. The lowest BCUT2D eigenvalue weighted by molar-refractivity contribution is 0.0410. The molecule has 2 rings (SSSR count). The first-order valence-electron chi connectivity index (χ1n) is 6.45. The average Bonchev–Trinajstić information content (AvgIpc) is 2.94. The van der Waals surface area contributed by atoms with Gasteiger partial charge in [-0.25, -0.2) is 4.79 Å². The molecule has 1 heterocycles. The Morgan fingerprint density at radius 1 is 1.33 bits per heavy atom. The van der Waals surface area contributed by atoms with Crippen molar-refractivity contribution in [1.82, 2.24) is 4.98 Å². The third kappa shape index (κ3) is 2.81. The summed E-state index contributed by atoms with van der Waals surface area (Å²) in [4.78, 5) is 25.7. The summed E-state index contributed by atoms with van der Waals surface area (Å²) in [6.07, 6.45) is 3.58. The fraction of sp³-hybridized carbons (Fsp3) is 0.571. The fourth-order valence-electron chi connectivity index (χ4n) is 2.45. The third-order valence-corrected chi connectivity index (χ3v) is 3.75. The smallest absolute Gasteiger partial charge is 0.354 e. The Hall–Kier alpha value is -1.58. The summed E-state index contributed by atoms with van der Waals surface area (Å²) in [5.74, 6) is 0.658. The monoisotopic (exact) mass is 249 g/mol. The molecule has 0 unspecified atom stereocenters. The first-order chi connectivity index (χ1) is 8.58. The summed E-state index contributed by atoms with van der Waals surface area (Å²) in [7, 11) is 0. The molecule has 0 aliphatic heterocycles. The molecule has 0 spiro atoms. The number of aromatic nitrogens is 1. The number of hydrogen-bond acceptors (Lipinski definition) is 3. The molecule has 0 radical (unpaired) electrons. The van der Waals surface area contributed by atoms with Crippen molar-refractivity contribution in [3.05, 3.63) is 23.5 Å². The van der Waals surface area contributed by atoms with Crippen LogP contribution < -0.4 is 0 Å². The van der Waals surface area contributed by atoms with Crippen LogP contribution in [-0.2, 0) is 4.74 Å². The van der Waals surface area contributed by atoms with E-state index >= 15 is 0 Å². The maximum atomic E-state index is 11.8. The lowest BCUT2D eigenvalue weighted by atomic mass is 9.99. The van der Waals surface area contributed by atoms with Gasteiger partial charge in [0.1, 0.15) is 5.69 Å². The summed E-state index contributed by atoms with van der Waals surface area (Å²) < 4.78 is 5.29. The number of nitrogens with one attached hydrogen (secondary N) is 1. The Morgan fingerprint density at radius 3 is 2.61 bits per heavy atom. The van der Waals surface area contributed by atoms with Gasteiger partial charge >= 0.3 is 5.97 Å². The molecular weight excluding hydrogens is 230 g/mol. The van der Waals surface area contributed by atoms with Gasteiger partial charge in [0.05, 0.1) is 12.3 Å². The highest BCUT2D eigenvalue weighted by Gasteiger charge is 2.25. The van der Waals surface area contributed by atoms with Gasteiger partial charge in [0.2, 0.25) is 0 Å². The normalized spacial score (nSPS) is 23.0. The van der Waals surface area contributed by atoms with Crippen molar-refractivity contribution in [3.63, 3.8) is 0 Å². The van der Waals surface area contributed by atoms with E-state index in [0.717, 1.165) is 6.42 Å². The lowest BCUT2D eigenvalue weighted by Gasteiger charge is -2.14. The number of ketones is 1. The van der Waals surface area contributed by atoms with E-state index in [9.17, 15) is 9.59 Å². The van der Waals surface area contributed by atoms with Gasteiger partial charge in [0.15, 0.2) is 5.78 Å². The van der Waals surface area contributed by atoms with E-state index in [4.69, 9.17) is 4.74 Å². The number of hydrogen-bond donors (Lipinski definition) is 1. The van der Waals surface area contributed by atoms with E-state index in [1.807, 2.05) is 0 Å². The van der Waals surface area contributed by atoms with Gasteiger partial charge in [-0.15, -0.1) is 0 Å². The number of H-pyrrole nitrogens is 1. The largest absolute Gasteiger partial charge is 0.461 e. The molecule has 0 saturated heterocycles. The number of Topliss-reactive ketones (excluding diaryl/α,β-unsaturated/α-hetero) is 1. The highest BCUT2D eigenvalue weighted by molar-refractivity contribution is 5.95. The molecular formula is C14H19NO3. The van der Waals surface area contributed by atoms with Gasteiger partial charge in [0.25, 0.3) is 0 Å². The minimum absolute atomic E-state index is 0.0848. The lowest BCUT2D eigenvalue weighted by Crippen LogP contribution is -2.16. The van der Waals surface area contributed by atoms with Crippen LogP contribution in [0.4, 0.5) is 0 Å². The highest BCUT2D eigenvalue weighted by atomic mass is 16.5. The molecule has 1 aromatic heterocycles. The molecule has 1 fully saturated rings. The quantitative estimate of drug-likeness (QED) is 0.659. The third-order valence-electron chi connectivity index (χ3n) is 3.75. The molecule has 2 atom stereocenters. The number of carbonyl (C=O) groups excluding carboxylic acids is 2. The summed E-state index contributed by atoms with van der Waals surface area (Å²) in [6.45, 7) is 4.14. The molecule has 4 nitrogen and oxygen atoms in total. The minimum Gasteiger partial charge on any atom is -0.461 e. The van der Waals surface area contributed by atoms with E-state index in [1.165, 1.54) is 19.8 Å². The van der Waals surface area contributed by atoms with E-state index in [2.05, 4.69) is 11.9 Å². The second-order valence-corrected chi connectivity index (χ2v) is 5.11. The Bertz CT molecular complexity index is 450. The van der Waals surface area contributed by atoms with E-state index in [0.29, 0.717) is 29.8 Å². The molecule has 1 saturated carbocycles. The molecule has 1 aliphatic carbocycles. The Kier molecular flexibility index (Phi) is 3.84. The zero-order valence-electron chi connectivity index (χ0n) is 10.9. The van der Waals surface area contributed by atoms with E-state index < -0.39 is 0 Å². The SMILES string of the molecule is CC(=O)c1ccc(C(=O)OC[C@@H]2CCC[C@H]2C)[nH]1. The first-order valence-corrected chi connectivity index (χ1v) is 6.45. The van der Waals surface area contributed by atoms with Crippen molar-refractivity contribution in [3.8, 4) is 0 Å². The van der Waals surface area contributed by atoms with Gasteiger partial charge in [-0.05, 0) is 30.4 Å². The zero-order chi connectivity index (χ0) is 13.1. The van der Waals surface area contributed by atoms with Crippen LogP contribution in [-0.4, -0.2) is 23.3 Å². The van der Waals surface area contributed by atoms with Crippen LogP contribution >= 0.6 is 0 Å². The van der Waals surface area contributed by atoms with Gasteiger partial charge in [0, 0.05) is 6.92 Å².